The Morgan fingerprint density at radius 3 is 1.19 bits per heavy atom. The molecular formula is C22H32N2O12. The van der Waals surface area contributed by atoms with Gasteiger partial charge in [0.15, 0.2) is 0 Å². The number of aliphatic hydroxyl groups is 8. The molecule has 14 heteroatoms. The zero-order chi connectivity index (χ0) is 26.6. The van der Waals surface area contributed by atoms with Crippen LogP contribution >= 0.6 is 0 Å². The highest BCUT2D eigenvalue weighted by molar-refractivity contribution is 5.93. The Morgan fingerprint density at radius 2 is 0.889 bits per heavy atom. The van der Waals surface area contributed by atoms with Crippen molar-refractivity contribution in [1.82, 2.24) is 0 Å². The topological polar surface area (TPSA) is 238 Å². The first-order valence-electron chi connectivity index (χ1n) is 11.4. The van der Waals surface area contributed by atoms with Crippen molar-refractivity contribution < 1.29 is 59.9 Å². The quantitative estimate of drug-likeness (QED) is 0.159. The molecule has 0 spiro atoms. The number of hydrogen-bond donors (Lipinski definition) is 10. The van der Waals surface area contributed by atoms with Gasteiger partial charge in [-0.1, -0.05) is 0 Å². The second-order valence-electron chi connectivity index (χ2n) is 8.82. The summed E-state index contributed by atoms with van der Waals surface area (Å²) < 4.78 is 10.6. The fraction of sp³-hybridized carbons (Fsp3) is 0.636. The van der Waals surface area contributed by atoms with Gasteiger partial charge in [-0.25, -0.2) is 0 Å². The lowest BCUT2D eigenvalue weighted by molar-refractivity contribution is -0.229. The van der Waals surface area contributed by atoms with Crippen molar-refractivity contribution in [2.24, 2.45) is 0 Å². The van der Waals surface area contributed by atoms with Gasteiger partial charge in [-0.3, -0.25) is 9.59 Å². The Bertz CT molecular complexity index is 811. The molecule has 1 aromatic carbocycles. The number of aliphatic hydroxyl groups excluding tert-OH is 8. The smallest absolute Gasteiger partial charge is 0.227 e. The van der Waals surface area contributed by atoms with Gasteiger partial charge >= 0.3 is 0 Å². The maximum Gasteiger partial charge on any atom is 0.227 e. The molecule has 10 N–H and O–H groups in total. The Morgan fingerprint density at radius 1 is 0.583 bits per heavy atom. The first-order valence-corrected chi connectivity index (χ1v) is 11.4. The van der Waals surface area contributed by atoms with Crippen molar-refractivity contribution in [3.05, 3.63) is 24.3 Å². The molecule has 0 radical (unpaired) electrons. The molecule has 3 rings (SSSR count). The molecule has 10 atom stereocenters. The molecule has 2 aliphatic rings. The Hall–Kier alpha value is -2.24. The summed E-state index contributed by atoms with van der Waals surface area (Å²) in [5.74, 6) is -1.14. The molecule has 0 saturated carbocycles. The molecule has 14 nitrogen and oxygen atoms in total. The third-order valence-electron chi connectivity index (χ3n) is 6.21. The maximum absolute atomic E-state index is 12.4. The summed E-state index contributed by atoms with van der Waals surface area (Å²) in [6, 6.07) is 5.92. The molecule has 2 aliphatic heterocycles. The van der Waals surface area contributed by atoms with Crippen LogP contribution in [-0.4, -0.2) is 127 Å². The molecule has 1 aromatic rings. The van der Waals surface area contributed by atoms with Crippen LogP contribution in [0.1, 0.15) is 12.8 Å². The number of ether oxygens (including phenoxy) is 2. The SMILES string of the molecule is O=C(C[C@H]1O[C@H](CO)[C@@H](O)[C@H](O)[C@@H]1O)Nc1ccc(NC(=O)C[C@H]2O[C@H](CO)[C@@H](O)[C@H](O)[C@@H]2O)cc1. The van der Waals surface area contributed by atoms with Crippen LogP contribution in [0.5, 0.6) is 0 Å². The predicted molar refractivity (Wildman–Crippen MR) is 120 cm³/mol. The van der Waals surface area contributed by atoms with Crippen molar-refractivity contribution in [2.75, 3.05) is 23.8 Å². The minimum atomic E-state index is -1.58. The average molecular weight is 517 g/mol. The number of carbonyl (C=O) groups is 2. The number of rotatable bonds is 8. The molecule has 0 unspecified atom stereocenters. The van der Waals surface area contributed by atoms with E-state index >= 15 is 0 Å². The van der Waals surface area contributed by atoms with Gasteiger partial charge in [0.2, 0.25) is 11.8 Å². The normalized spacial score (nSPS) is 36.8. The van der Waals surface area contributed by atoms with Gasteiger partial charge in [-0.05, 0) is 24.3 Å². The van der Waals surface area contributed by atoms with Crippen molar-refractivity contribution in [3.8, 4) is 0 Å². The minimum absolute atomic E-state index is 0.344. The fourth-order valence-corrected chi connectivity index (χ4v) is 4.12. The van der Waals surface area contributed by atoms with Crippen molar-refractivity contribution in [3.63, 3.8) is 0 Å². The standard InChI is InChI=1S/C22H32N2O12/c25-7-13-19(31)21(33)17(29)11(35-13)5-15(27)23-9-1-2-10(4-3-9)24-16(28)6-12-18(30)22(34)20(32)14(8-26)36-12/h1-4,11-14,17-22,25-26,29-34H,5-8H2,(H,23,27)(H,24,28)/t11-,12-,13-,14-,17-,18-,19-,20-,21-,22-/m1/s1. The van der Waals surface area contributed by atoms with Gasteiger partial charge in [-0.15, -0.1) is 0 Å². The zero-order valence-corrected chi connectivity index (χ0v) is 19.1. The average Bonchev–Trinajstić information content (AvgIpc) is 2.85. The van der Waals surface area contributed by atoms with E-state index in [1.165, 1.54) is 24.3 Å². The van der Waals surface area contributed by atoms with Gasteiger partial charge in [-0.2, -0.15) is 0 Å². The molecule has 202 valence electrons. The molecule has 0 aliphatic carbocycles. The van der Waals surface area contributed by atoms with Gasteiger partial charge in [0.25, 0.3) is 0 Å². The van der Waals surface area contributed by atoms with Crippen molar-refractivity contribution in [2.45, 2.75) is 73.9 Å². The number of nitrogens with one attached hydrogen (secondary N) is 2. The van der Waals surface area contributed by atoms with Crippen LogP contribution in [0.4, 0.5) is 11.4 Å². The van der Waals surface area contributed by atoms with E-state index in [0.29, 0.717) is 11.4 Å². The van der Waals surface area contributed by atoms with Crippen molar-refractivity contribution in [1.29, 1.82) is 0 Å². The Balaban J connectivity index is 1.50. The number of benzene rings is 1. The molecule has 2 heterocycles. The van der Waals surface area contributed by atoms with Gasteiger partial charge in [0.1, 0.15) is 48.8 Å². The van der Waals surface area contributed by atoms with E-state index < -0.39 is 86.1 Å². The molecule has 2 saturated heterocycles. The highest BCUT2D eigenvalue weighted by Gasteiger charge is 2.45. The van der Waals surface area contributed by atoms with Gasteiger partial charge in [0, 0.05) is 11.4 Å². The summed E-state index contributed by atoms with van der Waals surface area (Å²) in [6.07, 6.45) is -14.5. The predicted octanol–water partition coefficient (Wildman–Crippen LogP) is -3.97. The first-order chi connectivity index (χ1) is 17.0. The van der Waals surface area contributed by atoms with Crippen LogP contribution in [0, 0.1) is 0 Å². The molecule has 2 amide bonds. The minimum Gasteiger partial charge on any atom is -0.394 e. The Labute approximate surface area is 205 Å². The van der Waals surface area contributed by atoms with E-state index in [0.717, 1.165) is 0 Å². The highest BCUT2D eigenvalue weighted by Crippen LogP contribution is 2.25. The molecule has 0 aromatic heterocycles. The summed E-state index contributed by atoms with van der Waals surface area (Å²) in [5, 5.41) is 83.0. The van der Waals surface area contributed by atoms with Crippen LogP contribution in [0.2, 0.25) is 0 Å². The van der Waals surface area contributed by atoms with E-state index in [1.54, 1.807) is 0 Å². The molecule has 2 fully saturated rings. The fourth-order valence-electron chi connectivity index (χ4n) is 4.12. The lowest BCUT2D eigenvalue weighted by Crippen LogP contribution is -2.59. The largest absolute Gasteiger partial charge is 0.394 e. The van der Waals surface area contributed by atoms with E-state index in [9.17, 15) is 50.4 Å². The van der Waals surface area contributed by atoms with Crippen LogP contribution in [0.3, 0.4) is 0 Å². The summed E-state index contributed by atoms with van der Waals surface area (Å²) in [5.41, 5.74) is 0.688. The summed E-state index contributed by atoms with van der Waals surface area (Å²) >= 11 is 0. The second kappa shape index (κ2) is 12.3. The van der Waals surface area contributed by atoms with E-state index in [2.05, 4.69) is 10.6 Å². The van der Waals surface area contributed by atoms with Crippen LogP contribution in [-0.2, 0) is 19.1 Å². The Kier molecular flexibility index (Phi) is 9.71. The van der Waals surface area contributed by atoms with Gasteiger partial charge in [0.05, 0.1) is 38.3 Å². The van der Waals surface area contributed by atoms with E-state index in [-0.39, 0.29) is 12.8 Å². The zero-order valence-electron chi connectivity index (χ0n) is 19.1. The first kappa shape index (κ1) is 28.3. The number of anilines is 2. The monoisotopic (exact) mass is 516 g/mol. The van der Waals surface area contributed by atoms with Crippen LogP contribution in [0.15, 0.2) is 24.3 Å². The summed E-state index contributed by atoms with van der Waals surface area (Å²) in [6.45, 7) is -1.21. The summed E-state index contributed by atoms with van der Waals surface area (Å²) in [7, 11) is 0. The van der Waals surface area contributed by atoms with Crippen LogP contribution < -0.4 is 10.6 Å². The lowest BCUT2D eigenvalue weighted by Gasteiger charge is -2.39. The number of amides is 2. The van der Waals surface area contributed by atoms with Crippen molar-refractivity contribution >= 4 is 23.2 Å². The second-order valence-corrected chi connectivity index (χ2v) is 8.82. The number of carbonyl (C=O) groups excluding carboxylic acids is 2. The van der Waals surface area contributed by atoms with Gasteiger partial charge < -0.3 is 61.0 Å². The van der Waals surface area contributed by atoms with E-state index in [4.69, 9.17) is 9.47 Å². The molecule has 36 heavy (non-hydrogen) atoms. The molecular weight excluding hydrogens is 484 g/mol. The number of hydrogen-bond acceptors (Lipinski definition) is 12. The van der Waals surface area contributed by atoms with Crippen LogP contribution in [0.25, 0.3) is 0 Å². The maximum atomic E-state index is 12.4. The third-order valence-corrected chi connectivity index (χ3v) is 6.21. The third kappa shape index (κ3) is 6.54. The van der Waals surface area contributed by atoms with E-state index in [1.807, 2.05) is 0 Å². The molecule has 0 bridgehead atoms. The lowest BCUT2D eigenvalue weighted by atomic mass is 9.93. The highest BCUT2D eigenvalue weighted by atomic mass is 16.6. The summed E-state index contributed by atoms with van der Waals surface area (Å²) in [4.78, 5) is 24.7.